The highest BCUT2D eigenvalue weighted by Gasteiger charge is 2.22. The van der Waals surface area contributed by atoms with Crippen molar-refractivity contribution in [2.75, 3.05) is 31.1 Å². The van der Waals surface area contributed by atoms with E-state index in [-0.39, 0.29) is 5.91 Å². The molecule has 1 amide bonds. The number of anilines is 1. The molecule has 162 valence electrons. The first-order chi connectivity index (χ1) is 15.2. The molecular formula is C23H28N6O2. The average molecular weight is 421 g/mol. The quantitative estimate of drug-likeness (QED) is 0.553. The fourth-order valence-electron chi connectivity index (χ4n) is 3.70. The smallest absolute Gasteiger partial charge is 0.226 e. The van der Waals surface area contributed by atoms with Crippen LogP contribution in [0.1, 0.15) is 37.9 Å². The molecule has 0 N–H and O–H groups in total. The molecule has 4 rings (SSSR count). The van der Waals surface area contributed by atoms with Crippen LogP contribution in [-0.4, -0.2) is 57.1 Å². The predicted molar refractivity (Wildman–Crippen MR) is 117 cm³/mol. The van der Waals surface area contributed by atoms with Crippen molar-refractivity contribution in [2.24, 2.45) is 0 Å². The Morgan fingerprint density at radius 3 is 2.61 bits per heavy atom. The second-order valence-electron chi connectivity index (χ2n) is 7.68. The van der Waals surface area contributed by atoms with E-state index < -0.39 is 0 Å². The van der Waals surface area contributed by atoms with Crippen molar-refractivity contribution < 1.29 is 9.32 Å². The number of aromatic nitrogens is 4. The summed E-state index contributed by atoms with van der Waals surface area (Å²) >= 11 is 0. The van der Waals surface area contributed by atoms with Crippen molar-refractivity contribution in [1.29, 1.82) is 0 Å². The Morgan fingerprint density at radius 2 is 1.84 bits per heavy atom. The Hall–Kier alpha value is -3.29. The first-order valence-electron chi connectivity index (χ1n) is 11.0. The SMILES string of the molecule is CCCc1noc(CCCC(=O)N2CCN(c3ccnc(-c4ccccc4)n3)CC2)n1. The molecule has 1 aliphatic heterocycles. The Balaban J connectivity index is 1.25. The fourth-order valence-corrected chi connectivity index (χ4v) is 3.70. The van der Waals surface area contributed by atoms with E-state index in [1.165, 1.54) is 0 Å². The lowest BCUT2D eigenvalue weighted by molar-refractivity contribution is -0.131. The number of nitrogens with zero attached hydrogens (tertiary/aromatic N) is 6. The summed E-state index contributed by atoms with van der Waals surface area (Å²) in [6.45, 7) is 5.01. The van der Waals surface area contributed by atoms with Crippen LogP contribution in [0.15, 0.2) is 47.1 Å². The van der Waals surface area contributed by atoms with Crippen LogP contribution in [0.4, 0.5) is 5.82 Å². The van der Waals surface area contributed by atoms with Crippen molar-refractivity contribution in [3.05, 3.63) is 54.3 Å². The number of rotatable bonds is 8. The summed E-state index contributed by atoms with van der Waals surface area (Å²) in [5.41, 5.74) is 1.00. The number of carbonyl (C=O) groups is 1. The van der Waals surface area contributed by atoms with Gasteiger partial charge in [0, 0.05) is 57.2 Å². The molecule has 0 spiro atoms. The zero-order chi connectivity index (χ0) is 21.5. The maximum Gasteiger partial charge on any atom is 0.226 e. The Morgan fingerprint density at radius 1 is 1.03 bits per heavy atom. The second kappa shape index (κ2) is 10.1. The molecule has 2 aromatic heterocycles. The third-order valence-electron chi connectivity index (χ3n) is 5.39. The number of benzene rings is 1. The van der Waals surface area contributed by atoms with E-state index in [9.17, 15) is 4.79 Å². The van der Waals surface area contributed by atoms with E-state index in [1.54, 1.807) is 6.20 Å². The molecule has 8 nitrogen and oxygen atoms in total. The van der Waals surface area contributed by atoms with Crippen molar-refractivity contribution in [2.45, 2.75) is 39.0 Å². The molecule has 31 heavy (non-hydrogen) atoms. The summed E-state index contributed by atoms with van der Waals surface area (Å²) in [5.74, 6) is 3.18. The molecule has 1 aromatic carbocycles. The molecule has 3 aromatic rings. The maximum absolute atomic E-state index is 12.6. The molecule has 1 saturated heterocycles. The predicted octanol–water partition coefficient (Wildman–Crippen LogP) is 3.15. The lowest BCUT2D eigenvalue weighted by Gasteiger charge is -2.35. The van der Waals surface area contributed by atoms with E-state index in [4.69, 9.17) is 9.51 Å². The third kappa shape index (κ3) is 5.45. The number of hydrogen-bond acceptors (Lipinski definition) is 7. The standard InChI is InChI=1S/C23H28N6O2/c1-2-7-19-25-21(31-27-19)10-6-11-22(30)29-16-14-28(15-17-29)20-12-13-24-23(26-20)18-8-4-3-5-9-18/h3-5,8-9,12-13H,2,6-7,10-11,14-17H2,1H3. The largest absolute Gasteiger partial charge is 0.353 e. The highest BCUT2D eigenvalue weighted by Crippen LogP contribution is 2.19. The fraction of sp³-hybridized carbons (Fsp3) is 0.435. The number of aryl methyl sites for hydroxylation is 2. The zero-order valence-electron chi connectivity index (χ0n) is 17.9. The Bertz CT molecular complexity index is 982. The van der Waals surface area contributed by atoms with Gasteiger partial charge in [0.1, 0.15) is 5.82 Å². The van der Waals surface area contributed by atoms with Crippen LogP contribution in [0.2, 0.25) is 0 Å². The summed E-state index contributed by atoms with van der Waals surface area (Å²) in [6.07, 6.45) is 5.48. The minimum absolute atomic E-state index is 0.181. The van der Waals surface area contributed by atoms with Gasteiger partial charge in [0.25, 0.3) is 0 Å². The number of amides is 1. The van der Waals surface area contributed by atoms with Gasteiger partial charge < -0.3 is 14.3 Å². The molecule has 1 aliphatic rings. The Labute approximate surface area is 182 Å². The normalized spacial score (nSPS) is 14.1. The molecule has 0 atom stereocenters. The lowest BCUT2D eigenvalue weighted by atomic mass is 10.2. The number of hydrogen-bond donors (Lipinski definition) is 0. The van der Waals surface area contributed by atoms with Crippen LogP contribution in [0.3, 0.4) is 0 Å². The third-order valence-corrected chi connectivity index (χ3v) is 5.39. The zero-order valence-corrected chi connectivity index (χ0v) is 17.9. The molecule has 0 unspecified atom stereocenters. The van der Waals surface area contributed by atoms with Gasteiger partial charge in [-0.15, -0.1) is 0 Å². The van der Waals surface area contributed by atoms with Crippen molar-refractivity contribution in [3.63, 3.8) is 0 Å². The van der Waals surface area contributed by atoms with Gasteiger partial charge in [0.2, 0.25) is 11.8 Å². The molecule has 0 saturated carbocycles. The molecule has 1 fully saturated rings. The van der Waals surface area contributed by atoms with Crippen LogP contribution in [0.25, 0.3) is 11.4 Å². The van der Waals surface area contributed by atoms with Gasteiger partial charge >= 0.3 is 0 Å². The summed E-state index contributed by atoms with van der Waals surface area (Å²) in [5, 5.41) is 3.96. The van der Waals surface area contributed by atoms with Crippen LogP contribution < -0.4 is 4.90 Å². The maximum atomic E-state index is 12.6. The van der Waals surface area contributed by atoms with Crippen LogP contribution >= 0.6 is 0 Å². The number of piperazine rings is 1. The highest BCUT2D eigenvalue weighted by atomic mass is 16.5. The first kappa shape index (κ1) is 21.0. The van der Waals surface area contributed by atoms with Gasteiger partial charge in [-0.3, -0.25) is 4.79 Å². The van der Waals surface area contributed by atoms with E-state index >= 15 is 0 Å². The van der Waals surface area contributed by atoms with E-state index in [2.05, 4.69) is 26.9 Å². The molecular weight excluding hydrogens is 392 g/mol. The lowest BCUT2D eigenvalue weighted by Crippen LogP contribution is -2.49. The van der Waals surface area contributed by atoms with Crippen molar-refractivity contribution >= 4 is 11.7 Å². The van der Waals surface area contributed by atoms with Gasteiger partial charge in [-0.25, -0.2) is 9.97 Å². The molecule has 0 bridgehead atoms. The van der Waals surface area contributed by atoms with Gasteiger partial charge in [-0.2, -0.15) is 4.98 Å². The van der Waals surface area contributed by atoms with Crippen molar-refractivity contribution in [1.82, 2.24) is 25.0 Å². The van der Waals surface area contributed by atoms with Crippen LogP contribution in [-0.2, 0) is 17.6 Å². The summed E-state index contributed by atoms with van der Waals surface area (Å²) in [4.78, 5) is 30.2. The Kier molecular flexibility index (Phi) is 6.86. The second-order valence-corrected chi connectivity index (χ2v) is 7.68. The monoisotopic (exact) mass is 420 g/mol. The number of carbonyl (C=O) groups excluding carboxylic acids is 1. The average Bonchev–Trinajstić information content (AvgIpc) is 3.27. The highest BCUT2D eigenvalue weighted by molar-refractivity contribution is 5.76. The van der Waals surface area contributed by atoms with Gasteiger partial charge in [0.05, 0.1) is 0 Å². The van der Waals surface area contributed by atoms with E-state index in [1.807, 2.05) is 41.3 Å². The molecule has 0 aliphatic carbocycles. The van der Waals surface area contributed by atoms with Crippen LogP contribution in [0, 0.1) is 0 Å². The summed E-state index contributed by atoms with van der Waals surface area (Å²) in [6, 6.07) is 11.9. The van der Waals surface area contributed by atoms with Crippen molar-refractivity contribution in [3.8, 4) is 11.4 Å². The first-order valence-corrected chi connectivity index (χ1v) is 11.0. The molecule has 8 heteroatoms. The summed E-state index contributed by atoms with van der Waals surface area (Å²) < 4.78 is 5.24. The topological polar surface area (TPSA) is 88.3 Å². The van der Waals surface area contributed by atoms with Crippen LogP contribution in [0.5, 0.6) is 0 Å². The molecule has 0 radical (unpaired) electrons. The van der Waals surface area contributed by atoms with Gasteiger partial charge in [0.15, 0.2) is 11.6 Å². The van der Waals surface area contributed by atoms with E-state index in [0.717, 1.165) is 55.4 Å². The molecule has 3 heterocycles. The summed E-state index contributed by atoms with van der Waals surface area (Å²) in [7, 11) is 0. The van der Waals surface area contributed by atoms with E-state index in [0.29, 0.717) is 31.8 Å². The minimum atomic E-state index is 0.181. The minimum Gasteiger partial charge on any atom is -0.353 e. The van der Waals surface area contributed by atoms with Gasteiger partial charge in [-0.05, 0) is 18.9 Å². The van der Waals surface area contributed by atoms with Gasteiger partial charge in [-0.1, -0.05) is 42.4 Å².